The monoisotopic (exact) mass is 470 g/mol. The second-order valence-electron chi connectivity index (χ2n) is 8.73. The van der Waals surface area contributed by atoms with Crippen LogP contribution in [0.25, 0.3) is 28.2 Å². The maximum atomic E-state index is 12.2. The van der Waals surface area contributed by atoms with Crippen LogP contribution in [0, 0.1) is 0 Å². The summed E-state index contributed by atoms with van der Waals surface area (Å²) in [5, 5.41) is 5.23. The molecule has 0 atom stereocenters. The molecular weight excluding hydrogens is 444 g/mol. The minimum Gasteiger partial charge on any atom is -0.423 e. The minimum atomic E-state index is -0.339. The number of piperidine rings is 1. The normalized spacial score (nSPS) is 15.2. The van der Waals surface area contributed by atoms with Crippen LogP contribution in [0.5, 0.6) is 0 Å². The SMILES string of the molecule is O=c1cc(NC2CCN(C/C=C/c3ccccc3)CC2)c2cc(-c3cccc(Cl)c3)ccc2o1. The number of halogens is 1. The molecule has 3 aromatic carbocycles. The molecule has 1 fully saturated rings. The van der Waals surface area contributed by atoms with Crippen LogP contribution in [-0.2, 0) is 0 Å². The van der Waals surface area contributed by atoms with E-state index in [0.717, 1.165) is 54.7 Å². The molecule has 0 saturated carbocycles. The Hall–Kier alpha value is -3.34. The number of benzene rings is 3. The third-order valence-electron chi connectivity index (χ3n) is 6.32. The Balaban J connectivity index is 1.28. The predicted molar refractivity (Wildman–Crippen MR) is 141 cm³/mol. The summed E-state index contributed by atoms with van der Waals surface area (Å²) >= 11 is 6.19. The van der Waals surface area contributed by atoms with E-state index in [1.807, 2.05) is 42.5 Å². The highest BCUT2D eigenvalue weighted by atomic mass is 35.5. The molecule has 1 aliphatic heterocycles. The van der Waals surface area contributed by atoms with Crippen LogP contribution in [0.2, 0.25) is 5.02 Å². The summed E-state index contributed by atoms with van der Waals surface area (Å²) in [5.41, 5.74) is 4.37. The minimum absolute atomic E-state index is 0.314. The van der Waals surface area contributed by atoms with Gasteiger partial charge in [-0.3, -0.25) is 4.90 Å². The Morgan fingerprint density at radius 3 is 2.53 bits per heavy atom. The summed E-state index contributed by atoms with van der Waals surface area (Å²) in [6.07, 6.45) is 6.46. The van der Waals surface area contributed by atoms with Crippen molar-refractivity contribution in [3.63, 3.8) is 0 Å². The second-order valence-corrected chi connectivity index (χ2v) is 9.17. The van der Waals surface area contributed by atoms with E-state index < -0.39 is 0 Å². The van der Waals surface area contributed by atoms with E-state index in [4.69, 9.17) is 16.0 Å². The lowest BCUT2D eigenvalue weighted by Crippen LogP contribution is -2.39. The summed E-state index contributed by atoms with van der Waals surface area (Å²) in [6.45, 7) is 2.98. The summed E-state index contributed by atoms with van der Waals surface area (Å²) in [5.74, 6) is 0. The van der Waals surface area contributed by atoms with Crippen molar-refractivity contribution in [2.75, 3.05) is 25.0 Å². The average molecular weight is 471 g/mol. The first-order valence-electron chi connectivity index (χ1n) is 11.7. The number of anilines is 1. The summed E-state index contributed by atoms with van der Waals surface area (Å²) in [6, 6.07) is 25.9. The topological polar surface area (TPSA) is 45.5 Å². The van der Waals surface area contributed by atoms with Crippen LogP contribution < -0.4 is 10.9 Å². The van der Waals surface area contributed by atoms with E-state index in [2.05, 4.69) is 52.7 Å². The highest BCUT2D eigenvalue weighted by Gasteiger charge is 2.19. The molecule has 2 heterocycles. The van der Waals surface area contributed by atoms with Crippen molar-refractivity contribution in [3.05, 3.63) is 106 Å². The lowest BCUT2D eigenvalue weighted by Gasteiger charge is -2.32. The van der Waals surface area contributed by atoms with Crippen molar-refractivity contribution >= 4 is 34.3 Å². The number of likely N-dealkylation sites (tertiary alicyclic amines) is 1. The van der Waals surface area contributed by atoms with Crippen molar-refractivity contribution in [2.24, 2.45) is 0 Å². The van der Waals surface area contributed by atoms with Gasteiger partial charge in [0, 0.05) is 42.2 Å². The molecule has 4 nitrogen and oxygen atoms in total. The molecule has 0 unspecified atom stereocenters. The van der Waals surface area contributed by atoms with Gasteiger partial charge in [-0.1, -0.05) is 72.3 Å². The summed E-state index contributed by atoms with van der Waals surface area (Å²) < 4.78 is 5.47. The van der Waals surface area contributed by atoms with Crippen molar-refractivity contribution in [1.82, 2.24) is 4.90 Å². The molecule has 1 saturated heterocycles. The van der Waals surface area contributed by atoms with E-state index in [0.29, 0.717) is 16.6 Å². The van der Waals surface area contributed by atoms with E-state index in [1.165, 1.54) is 5.56 Å². The molecule has 5 rings (SSSR count). The molecule has 0 aliphatic carbocycles. The van der Waals surface area contributed by atoms with Crippen LogP contribution in [0.4, 0.5) is 5.69 Å². The van der Waals surface area contributed by atoms with Crippen LogP contribution in [0.1, 0.15) is 18.4 Å². The number of nitrogens with zero attached hydrogens (tertiary/aromatic N) is 1. The van der Waals surface area contributed by atoms with Crippen molar-refractivity contribution in [1.29, 1.82) is 0 Å². The fourth-order valence-electron chi connectivity index (χ4n) is 4.51. The molecule has 0 bridgehead atoms. The average Bonchev–Trinajstić information content (AvgIpc) is 2.85. The fourth-order valence-corrected chi connectivity index (χ4v) is 4.70. The van der Waals surface area contributed by atoms with Gasteiger partial charge in [0.25, 0.3) is 0 Å². The zero-order valence-corrected chi connectivity index (χ0v) is 19.7. The molecule has 4 aromatic rings. The van der Waals surface area contributed by atoms with Gasteiger partial charge < -0.3 is 9.73 Å². The van der Waals surface area contributed by atoms with Crippen molar-refractivity contribution in [3.8, 4) is 11.1 Å². The van der Waals surface area contributed by atoms with Crippen LogP contribution in [0.15, 0.2) is 94.2 Å². The molecule has 0 radical (unpaired) electrons. The molecule has 0 amide bonds. The van der Waals surface area contributed by atoms with E-state index in [1.54, 1.807) is 6.07 Å². The smallest absolute Gasteiger partial charge is 0.338 e. The molecule has 1 aromatic heterocycles. The highest BCUT2D eigenvalue weighted by molar-refractivity contribution is 6.30. The summed E-state index contributed by atoms with van der Waals surface area (Å²) in [4.78, 5) is 14.7. The fraction of sp³-hybridized carbons (Fsp3) is 0.207. The van der Waals surface area contributed by atoms with Gasteiger partial charge in [-0.2, -0.15) is 0 Å². The maximum Gasteiger partial charge on any atom is 0.338 e. The molecule has 1 aliphatic rings. The lowest BCUT2D eigenvalue weighted by atomic mass is 10.0. The zero-order valence-electron chi connectivity index (χ0n) is 18.9. The van der Waals surface area contributed by atoms with Crippen LogP contribution in [0.3, 0.4) is 0 Å². The van der Waals surface area contributed by atoms with Gasteiger partial charge in [-0.15, -0.1) is 0 Å². The van der Waals surface area contributed by atoms with Gasteiger partial charge in [-0.25, -0.2) is 4.79 Å². The number of hydrogen-bond acceptors (Lipinski definition) is 4. The predicted octanol–water partition coefficient (Wildman–Crippen LogP) is 6.70. The molecule has 5 heteroatoms. The Kier molecular flexibility index (Phi) is 6.79. The first-order chi connectivity index (χ1) is 16.6. The van der Waals surface area contributed by atoms with Gasteiger partial charge in [0.2, 0.25) is 0 Å². The zero-order chi connectivity index (χ0) is 23.3. The highest BCUT2D eigenvalue weighted by Crippen LogP contribution is 2.30. The van der Waals surface area contributed by atoms with E-state index >= 15 is 0 Å². The van der Waals surface area contributed by atoms with Gasteiger partial charge in [-0.05, 0) is 53.8 Å². The van der Waals surface area contributed by atoms with Crippen LogP contribution in [-0.4, -0.2) is 30.6 Å². The second kappa shape index (κ2) is 10.3. The first-order valence-corrected chi connectivity index (χ1v) is 12.1. The Morgan fingerprint density at radius 2 is 1.74 bits per heavy atom. The summed E-state index contributed by atoms with van der Waals surface area (Å²) in [7, 11) is 0. The third-order valence-corrected chi connectivity index (χ3v) is 6.56. The van der Waals surface area contributed by atoms with Crippen molar-refractivity contribution < 1.29 is 4.42 Å². The standard InChI is InChI=1S/C29H27ClN2O2/c30-24-10-4-9-22(18-24)23-11-12-28-26(19-23)27(20-29(33)34-28)31-25-13-16-32(17-14-25)15-5-8-21-6-2-1-3-7-21/h1-12,18-20,25,31H,13-17H2/b8-5+. The van der Waals surface area contributed by atoms with Gasteiger partial charge in [0.15, 0.2) is 0 Å². The Labute approximate surface area is 204 Å². The van der Waals surface area contributed by atoms with Crippen molar-refractivity contribution in [2.45, 2.75) is 18.9 Å². The maximum absolute atomic E-state index is 12.2. The van der Waals surface area contributed by atoms with E-state index in [-0.39, 0.29) is 5.63 Å². The van der Waals surface area contributed by atoms with Gasteiger partial charge in [0.1, 0.15) is 5.58 Å². The number of fused-ring (bicyclic) bond motifs is 1. The lowest BCUT2D eigenvalue weighted by molar-refractivity contribution is 0.240. The molecule has 172 valence electrons. The Morgan fingerprint density at radius 1 is 0.941 bits per heavy atom. The van der Waals surface area contributed by atoms with Gasteiger partial charge in [0.05, 0.1) is 5.69 Å². The first kappa shape index (κ1) is 22.5. The molecule has 34 heavy (non-hydrogen) atoms. The van der Waals surface area contributed by atoms with Gasteiger partial charge >= 0.3 is 5.63 Å². The number of rotatable bonds is 6. The quantitative estimate of drug-likeness (QED) is 0.318. The third kappa shape index (κ3) is 5.41. The largest absolute Gasteiger partial charge is 0.423 e. The number of nitrogens with one attached hydrogen (secondary N) is 1. The number of hydrogen-bond donors (Lipinski definition) is 1. The van der Waals surface area contributed by atoms with Crippen LogP contribution >= 0.6 is 11.6 Å². The molecule has 0 spiro atoms. The van der Waals surface area contributed by atoms with E-state index in [9.17, 15) is 4.79 Å². The molecule has 1 N–H and O–H groups in total. The molecular formula is C29H27ClN2O2. The Bertz CT molecular complexity index is 1360.